The fourth-order valence-corrected chi connectivity index (χ4v) is 3.39. The van der Waals surface area contributed by atoms with Crippen LogP contribution in [0.1, 0.15) is 78.1 Å². The largest absolute Gasteiger partial charge is 0.480 e. The molecule has 1 aliphatic carbocycles. The Hall–Kier alpha value is -1.10. The van der Waals surface area contributed by atoms with E-state index in [0.29, 0.717) is 25.7 Å². The van der Waals surface area contributed by atoms with E-state index in [2.05, 4.69) is 5.32 Å². The minimum Gasteiger partial charge on any atom is -0.480 e. The Kier molecular flexibility index (Phi) is 6.65. The van der Waals surface area contributed by atoms with Crippen LogP contribution in [0.3, 0.4) is 0 Å². The first-order chi connectivity index (χ1) is 9.87. The van der Waals surface area contributed by atoms with Crippen molar-refractivity contribution in [1.29, 1.82) is 0 Å². The van der Waals surface area contributed by atoms with Crippen molar-refractivity contribution >= 4 is 11.9 Å². The Morgan fingerprint density at radius 1 is 1.10 bits per heavy atom. The summed E-state index contributed by atoms with van der Waals surface area (Å²) in [6, 6.07) is 0. The molecular weight excluding hydrogens is 270 g/mol. The van der Waals surface area contributed by atoms with Gasteiger partial charge in [0.25, 0.3) is 0 Å². The third kappa shape index (κ3) is 4.99. The zero-order valence-electron chi connectivity index (χ0n) is 13.3. The highest BCUT2D eigenvalue weighted by Crippen LogP contribution is 2.30. The number of carboxylic acid groups (broad SMARTS) is 1. The number of hydrogen-bond donors (Lipinski definition) is 3. The van der Waals surface area contributed by atoms with E-state index in [9.17, 15) is 19.8 Å². The molecule has 1 saturated carbocycles. The summed E-state index contributed by atoms with van der Waals surface area (Å²) in [7, 11) is 0. The van der Waals surface area contributed by atoms with Crippen molar-refractivity contribution in [3.8, 4) is 0 Å². The van der Waals surface area contributed by atoms with Crippen LogP contribution >= 0.6 is 0 Å². The van der Waals surface area contributed by atoms with Crippen molar-refractivity contribution in [2.45, 2.75) is 89.2 Å². The Balaban J connectivity index is 2.71. The summed E-state index contributed by atoms with van der Waals surface area (Å²) in [6.45, 7) is 3.94. The summed E-state index contributed by atoms with van der Waals surface area (Å²) in [6.07, 6.45) is 6.33. The Morgan fingerprint density at radius 2 is 1.62 bits per heavy atom. The van der Waals surface area contributed by atoms with Gasteiger partial charge in [-0.1, -0.05) is 46.0 Å². The molecule has 0 unspecified atom stereocenters. The fourth-order valence-electron chi connectivity index (χ4n) is 3.39. The van der Waals surface area contributed by atoms with Gasteiger partial charge < -0.3 is 15.5 Å². The van der Waals surface area contributed by atoms with Crippen molar-refractivity contribution in [2.75, 3.05) is 0 Å². The Labute approximate surface area is 127 Å². The van der Waals surface area contributed by atoms with E-state index in [-0.39, 0.29) is 12.3 Å². The summed E-state index contributed by atoms with van der Waals surface area (Å²) in [5.74, 6) is -1.30. The van der Waals surface area contributed by atoms with Gasteiger partial charge in [0, 0.05) is 0 Å². The molecule has 1 rings (SSSR count). The number of carbonyl (C=O) groups excluding carboxylic acids is 1. The van der Waals surface area contributed by atoms with Crippen molar-refractivity contribution in [3.05, 3.63) is 0 Å². The summed E-state index contributed by atoms with van der Waals surface area (Å²) >= 11 is 0. The van der Waals surface area contributed by atoms with Gasteiger partial charge >= 0.3 is 5.97 Å². The lowest BCUT2D eigenvalue weighted by Gasteiger charge is -2.35. The molecule has 0 bridgehead atoms. The number of carbonyl (C=O) groups is 2. The number of aliphatic hydroxyl groups is 1. The predicted molar refractivity (Wildman–Crippen MR) is 81.0 cm³/mol. The van der Waals surface area contributed by atoms with Crippen molar-refractivity contribution in [3.63, 3.8) is 0 Å². The fraction of sp³-hybridized carbons (Fsp3) is 0.875. The van der Waals surface area contributed by atoms with Gasteiger partial charge in [0.15, 0.2) is 0 Å². The van der Waals surface area contributed by atoms with Gasteiger partial charge in [-0.2, -0.15) is 0 Å². The summed E-state index contributed by atoms with van der Waals surface area (Å²) < 4.78 is 0. The number of nitrogens with one attached hydrogen (secondary N) is 1. The number of amides is 1. The zero-order chi connectivity index (χ0) is 15.9. The minimum absolute atomic E-state index is 0.0102. The van der Waals surface area contributed by atoms with Crippen LogP contribution in [0.2, 0.25) is 0 Å². The maximum atomic E-state index is 12.3. The first-order valence-corrected chi connectivity index (χ1v) is 8.14. The molecule has 3 N–H and O–H groups in total. The van der Waals surface area contributed by atoms with Crippen LogP contribution in [0.4, 0.5) is 0 Å². The van der Waals surface area contributed by atoms with Gasteiger partial charge in [-0.15, -0.1) is 0 Å². The van der Waals surface area contributed by atoms with E-state index in [1.54, 1.807) is 0 Å². The molecule has 0 aromatic heterocycles. The van der Waals surface area contributed by atoms with Gasteiger partial charge in [0.05, 0.1) is 12.0 Å². The van der Waals surface area contributed by atoms with Gasteiger partial charge in [-0.05, 0) is 25.7 Å². The normalized spacial score (nSPS) is 18.2. The third-order valence-electron chi connectivity index (χ3n) is 4.42. The van der Waals surface area contributed by atoms with Crippen molar-refractivity contribution in [2.24, 2.45) is 0 Å². The molecule has 0 heterocycles. The van der Waals surface area contributed by atoms with E-state index < -0.39 is 17.1 Å². The summed E-state index contributed by atoms with van der Waals surface area (Å²) in [4.78, 5) is 23.8. The van der Waals surface area contributed by atoms with Crippen LogP contribution in [0, 0.1) is 0 Å². The van der Waals surface area contributed by atoms with E-state index in [1.807, 2.05) is 13.8 Å². The molecule has 0 radical (unpaired) electrons. The van der Waals surface area contributed by atoms with Gasteiger partial charge in [-0.3, -0.25) is 4.79 Å². The average Bonchev–Trinajstić information content (AvgIpc) is 2.39. The topological polar surface area (TPSA) is 86.6 Å². The second-order valence-electron chi connectivity index (χ2n) is 6.40. The molecule has 21 heavy (non-hydrogen) atoms. The van der Waals surface area contributed by atoms with E-state index in [1.165, 1.54) is 0 Å². The van der Waals surface area contributed by atoms with Gasteiger partial charge in [0.1, 0.15) is 5.54 Å². The highest BCUT2D eigenvalue weighted by atomic mass is 16.4. The molecule has 5 heteroatoms. The van der Waals surface area contributed by atoms with Crippen LogP contribution in [-0.4, -0.2) is 33.2 Å². The van der Waals surface area contributed by atoms with Gasteiger partial charge in [0.2, 0.25) is 5.91 Å². The molecule has 1 fully saturated rings. The number of carboxylic acids is 1. The van der Waals surface area contributed by atoms with Gasteiger partial charge in [-0.25, -0.2) is 4.79 Å². The highest BCUT2D eigenvalue weighted by Gasteiger charge is 2.42. The molecule has 0 saturated heterocycles. The molecule has 0 aromatic rings. The molecule has 0 aromatic carbocycles. The van der Waals surface area contributed by atoms with E-state index in [0.717, 1.165) is 32.1 Å². The molecule has 5 nitrogen and oxygen atoms in total. The Morgan fingerprint density at radius 3 is 2.05 bits per heavy atom. The van der Waals surface area contributed by atoms with Crippen LogP contribution in [-0.2, 0) is 9.59 Å². The smallest absolute Gasteiger partial charge is 0.329 e. The SMILES string of the molecule is CCCC(O)(CCC)CC(=O)NC1(C(=O)O)CCCCC1. The molecule has 0 atom stereocenters. The van der Waals surface area contributed by atoms with E-state index >= 15 is 0 Å². The lowest BCUT2D eigenvalue weighted by Crippen LogP contribution is -2.56. The van der Waals surface area contributed by atoms with E-state index in [4.69, 9.17) is 0 Å². The monoisotopic (exact) mass is 299 g/mol. The number of hydrogen-bond acceptors (Lipinski definition) is 3. The van der Waals surface area contributed by atoms with Crippen molar-refractivity contribution in [1.82, 2.24) is 5.32 Å². The van der Waals surface area contributed by atoms with Crippen LogP contribution in [0.15, 0.2) is 0 Å². The second kappa shape index (κ2) is 7.78. The Bertz CT molecular complexity index is 355. The molecule has 0 spiro atoms. The lowest BCUT2D eigenvalue weighted by atomic mass is 9.81. The average molecular weight is 299 g/mol. The first kappa shape index (κ1) is 18.0. The minimum atomic E-state index is -1.13. The molecule has 0 aliphatic heterocycles. The maximum absolute atomic E-state index is 12.3. The third-order valence-corrected chi connectivity index (χ3v) is 4.42. The molecule has 122 valence electrons. The van der Waals surface area contributed by atoms with Crippen LogP contribution < -0.4 is 5.32 Å². The number of rotatable bonds is 8. The van der Waals surface area contributed by atoms with Crippen molar-refractivity contribution < 1.29 is 19.8 Å². The second-order valence-corrected chi connectivity index (χ2v) is 6.40. The number of aliphatic carboxylic acids is 1. The molecule has 1 amide bonds. The summed E-state index contributed by atoms with van der Waals surface area (Å²) in [5.41, 5.74) is -2.14. The van der Waals surface area contributed by atoms with Crippen LogP contribution in [0.5, 0.6) is 0 Å². The lowest BCUT2D eigenvalue weighted by molar-refractivity contribution is -0.150. The first-order valence-electron chi connectivity index (χ1n) is 8.14. The molecular formula is C16H29NO4. The zero-order valence-corrected chi connectivity index (χ0v) is 13.3. The van der Waals surface area contributed by atoms with Crippen LogP contribution in [0.25, 0.3) is 0 Å². The highest BCUT2D eigenvalue weighted by molar-refractivity contribution is 5.87. The maximum Gasteiger partial charge on any atom is 0.329 e. The summed E-state index contributed by atoms with van der Waals surface area (Å²) in [5, 5.41) is 22.7. The predicted octanol–water partition coefficient (Wildman–Crippen LogP) is 2.61. The quantitative estimate of drug-likeness (QED) is 0.643. The standard InChI is InChI=1S/C16H29NO4/c1-3-8-15(21,9-4-2)12-13(18)17-16(14(19)20)10-6-5-7-11-16/h21H,3-12H2,1-2H3,(H,17,18)(H,19,20). The molecule has 1 aliphatic rings.